The largest absolute Gasteiger partial charge is 0.466 e. The molecule has 2 heterocycles. The molecule has 2 rings (SSSR count). The zero-order valence-corrected chi connectivity index (χ0v) is 31.8. The van der Waals surface area contributed by atoms with Crippen LogP contribution in [0.25, 0.3) is 0 Å². The Kier molecular flexibility index (Phi) is 17.1. The van der Waals surface area contributed by atoms with Crippen molar-refractivity contribution in [2.75, 3.05) is 20.3 Å². The Morgan fingerprint density at radius 1 is 0.759 bits per heavy atom. The Balaban J connectivity index is 2.98. The van der Waals surface area contributed by atoms with Crippen molar-refractivity contribution in [1.29, 1.82) is 0 Å². The van der Waals surface area contributed by atoms with Gasteiger partial charge in [0.1, 0.15) is 37.6 Å². The minimum atomic E-state index is -2.50. The number of esters is 8. The normalized spacial score (nSPS) is 28.8. The van der Waals surface area contributed by atoms with Crippen molar-refractivity contribution in [2.24, 2.45) is 0 Å². The molecular weight excluding hydrogens is 750 g/mol. The molecule has 0 bridgehead atoms. The average molecular weight is 796 g/mol. The molecular formula is C32H45NO20S. The second kappa shape index (κ2) is 20.2. The molecule has 1 unspecified atom stereocenters. The Morgan fingerprint density at radius 2 is 1.31 bits per heavy atom. The van der Waals surface area contributed by atoms with Crippen molar-refractivity contribution >= 4 is 65.4 Å². The Hall–Kier alpha value is -4.54. The average Bonchev–Trinajstić information content (AvgIpc) is 3.03. The predicted octanol–water partition coefficient (Wildman–Crippen LogP) is -1.25. The van der Waals surface area contributed by atoms with Crippen LogP contribution in [0.2, 0.25) is 0 Å². The molecule has 11 atom stereocenters. The van der Waals surface area contributed by atoms with E-state index in [1.807, 2.05) is 0 Å². The van der Waals surface area contributed by atoms with Crippen LogP contribution >= 0.6 is 11.8 Å². The van der Waals surface area contributed by atoms with Gasteiger partial charge in [-0.15, -0.1) is 11.8 Å². The number of ether oxygens (including phenoxy) is 10. The number of carbonyl (C=O) groups excluding carboxylic acids is 9. The summed E-state index contributed by atoms with van der Waals surface area (Å²) in [6.45, 7) is 6.79. The van der Waals surface area contributed by atoms with E-state index in [1.165, 1.54) is 0 Å². The van der Waals surface area contributed by atoms with Crippen molar-refractivity contribution in [3.05, 3.63) is 0 Å². The smallest absolute Gasteiger partial charge is 0.349 e. The van der Waals surface area contributed by atoms with Gasteiger partial charge in [-0.2, -0.15) is 0 Å². The van der Waals surface area contributed by atoms with E-state index in [1.54, 1.807) is 0 Å². The predicted molar refractivity (Wildman–Crippen MR) is 175 cm³/mol. The summed E-state index contributed by atoms with van der Waals surface area (Å²) in [6, 6.07) is -1.50. The highest BCUT2D eigenvalue weighted by Gasteiger charge is 2.62. The van der Waals surface area contributed by atoms with Crippen molar-refractivity contribution in [2.45, 2.75) is 127 Å². The molecule has 0 saturated carbocycles. The van der Waals surface area contributed by atoms with E-state index in [-0.39, 0.29) is 0 Å². The first-order valence-electron chi connectivity index (χ1n) is 16.3. The van der Waals surface area contributed by atoms with Crippen LogP contribution in [-0.2, 0) is 90.5 Å². The first kappa shape index (κ1) is 45.6. The van der Waals surface area contributed by atoms with Gasteiger partial charge in [-0.05, 0) is 0 Å². The second-order valence-corrected chi connectivity index (χ2v) is 13.5. The fourth-order valence-electron chi connectivity index (χ4n) is 5.75. The minimum absolute atomic E-state index is 0.430. The standard InChI is InChI=1S/C32H45NO20S/c1-13(34)33-24-21(47-16(4)37)10-32(31(43)44-9,53-27(24)25(49-18(6)39)22(48-17(5)38)11-45-14(2)35)54-29-26(50-19(7)40)23(12-46-15(3)36)52-30(42)28(29)51-20(8)41/h21-30,42H,10-12H2,1-9H3,(H,33,34)/t21-,22+,23+,24+,25+,26-,27+,28+,29-,30?,32-/m0/s1. The van der Waals surface area contributed by atoms with Crippen LogP contribution in [-0.4, -0.2) is 144 Å². The Morgan fingerprint density at radius 3 is 1.80 bits per heavy atom. The van der Waals surface area contributed by atoms with Gasteiger partial charge in [0.05, 0.1) is 18.4 Å². The van der Waals surface area contributed by atoms with Crippen molar-refractivity contribution in [1.82, 2.24) is 5.32 Å². The third-order valence-corrected chi connectivity index (χ3v) is 9.10. The molecule has 2 N–H and O–H groups in total. The minimum Gasteiger partial charge on any atom is -0.466 e. The van der Waals surface area contributed by atoms with E-state index in [4.69, 9.17) is 47.4 Å². The van der Waals surface area contributed by atoms with Gasteiger partial charge in [-0.3, -0.25) is 38.4 Å². The zero-order chi connectivity index (χ0) is 41.1. The maximum atomic E-state index is 14.1. The lowest BCUT2D eigenvalue weighted by Gasteiger charge is -2.51. The first-order valence-corrected chi connectivity index (χ1v) is 17.2. The van der Waals surface area contributed by atoms with E-state index < -0.39 is 139 Å². The number of aliphatic hydroxyl groups is 1. The monoisotopic (exact) mass is 795 g/mol. The number of hydrogen-bond donors (Lipinski definition) is 2. The van der Waals surface area contributed by atoms with Crippen molar-refractivity contribution in [3.8, 4) is 0 Å². The number of rotatable bonds is 15. The second-order valence-electron chi connectivity index (χ2n) is 12.0. The maximum absolute atomic E-state index is 14.1. The van der Waals surface area contributed by atoms with E-state index in [0.29, 0.717) is 11.8 Å². The molecule has 0 aromatic carbocycles. The maximum Gasteiger partial charge on any atom is 0.349 e. The molecule has 54 heavy (non-hydrogen) atoms. The molecule has 304 valence electrons. The van der Waals surface area contributed by atoms with Crippen LogP contribution in [0.15, 0.2) is 0 Å². The SMILES string of the molecule is COC(=O)[C@@]1(S[C@H]2[C@@H](OC(C)=O)[C@@H](COC(C)=O)OC(O)[C@@H]2OC(C)=O)C[C@H](OC(C)=O)[C@@H](NC(C)=O)[C@H]([C@H](OC(C)=O)[C@@H](COC(C)=O)OC(C)=O)O1. The summed E-state index contributed by atoms with van der Waals surface area (Å²) < 4.78 is 54.6. The number of methoxy groups -OCH3 is 1. The molecule has 0 aromatic heterocycles. The van der Waals surface area contributed by atoms with Crippen molar-refractivity contribution < 1.29 is 95.6 Å². The molecule has 2 saturated heterocycles. The molecule has 22 heteroatoms. The number of amides is 1. The topological polar surface area (TPSA) is 278 Å². The summed E-state index contributed by atoms with van der Waals surface area (Å²) >= 11 is 0.430. The fourth-order valence-corrected chi connectivity index (χ4v) is 7.49. The third kappa shape index (κ3) is 13.1. The van der Waals surface area contributed by atoms with E-state index in [0.717, 1.165) is 62.5 Å². The first-order chi connectivity index (χ1) is 25.1. The zero-order valence-electron chi connectivity index (χ0n) is 31.0. The lowest BCUT2D eigenvalue weighted by Crippen LogP contribution is -2.69. The summed E-state index contributed by atoms with van der Waals surface area (Å²) in [5.41, 5.74) is 0. The lowest BCUT2D eigenvalue weighted by atomic mass is 9.89. The van der Waals surface area contributed by atoms with Gasteiger partial charge in [-0.1, -0.05) is 0 Å². The Bertz CT molecular complexity index is 1440. The number of thioether (sulfide) groups is 1. The summed E-state index contributed by atoms with van der Waals surface area (Å²) in [4.78, 5) is 110. The van der Waals surface area contributed by atoms with Gasteiger partial charge < -0.3 is 57.8 Å². The summed E-state index contributed by atoms with van der Waals surface area (Å²) in [6.07, 6.45) is -14.4. The summed E-state index contributed by atoms with van der Waals surface area (Å²) in [5.74, 6) is -8.39. The molecule has 0 radical (unpaired) electrons. The van der Waals surface area contributed by atoms with E-state index in [9.17, 15) is 48.3 Å². The van der Waals surface area contributed by atoms with Gasteiger partial charge in [0.2, 0.25) is 10.8 Å². The lowest BCUT2D eigenvalue weighted by molar-refractivity contribution is -0.260. The van der Waals surface area contributed by atoms with Gasteiger partial charge in [0, 0.05) is 61.8 Å². The number of hydrogen-bond acceptors (Lipinski definition) is 21. The molecule has 0 aromatic rings. The van der Waals surface area contributed by atoms with Gasteiger partial charge >= 0.3 is 47.8 Å². The van der Waals surface area contributed by atoms with Gasteiger partial charge in [0.25, 0.3) is 0 Å². The van der Waals surface area contributed by atoms with Gasteiger partial charge in [-0.25, -0.2) is 4.79 Å². The highest BCUT2D eigenvalue weighted by atomic mass is 32.2. The van der Waals surface area contributed by atoms with Gasteiger partial charge in [0.15, 0.2) is 24.6 Å². The van der Waals surface area contributed by atoms with E-state index in [2.05, 4.69) is 5.32 Å². The molecule has 0 aliphatic carbocycles. The molecule has 2 fully saturated rings. The molecule has 1 amide bonds. The van der Waals surface area contributed by atoms with Crippen LogP contribution in [0.3, 0.4) is 0 Å². The van der Waals surface area contributed by atoms with Crippen LogP contribution in [0, 0.1) is 0 Å². The number of nitrogens with one attached hydrogen (secondary N) is 1. The van der Waals surface area contributed by atoms with Crippen LogP contribution in [0.1, 0.15) is 61.8 Å². The molecule has 21 nitrogen and oxygen atoms in total. The summed E-state index contributed by atoms with van der Waals surface area (Å²) in [7, 11) is 0.950. The van der Waals surface area contributed by atoms with Crippen LogP contribution in [0.4, 0.5) is 0 Å². The van der Waals surface area contributed by atoms with Crippen LogP contribution < -0.4 is 5.32 Å². The number of carbonyl (C=O) groups is 9. The van der Waals surface area contributed by atoms with Crippen LogP contribution in [0.5, 0.6) is 0 Å². The van der Waals surface area contributed by atoms with Crippen molar-refractivity contribution in [3.63, 3.8) is 0 Å². The quantitative estimate of drug-likeness (QED) is 0.145. The molecule has 2 aliphatic rings. The fraction of sp³-hybridized carbons (Fsp3) is 0.719. The highest BCUT2D eigenvalue weighted by Crippen LogP contribution is 2.48. The third-order valence-electron chi connectivity index (χ3n) is 7.49. The highest BCUT2D eigenvalue weighted by molar-refractivity contribution is 8.01. The molecule has 0 spiro atoms. The molecule has 2 aliphatic heterocycles. The van der Waals surface area contributed by atoms with E-state index >= 15 is 0 Å². The Labute approximate surface area is 313 Å². The number of aliphatic hydroxyl groups excluding tert-OH is 1. The summed E-state index contributed by atoms with van der Waals surface area (Å²) in [5, 5.41) is 12.1.